The van der Waals surface area contributed by atoms with Crippen molar-refractivity contribution in [2.24, 2.45) is 7.05 Å². The number of pyridine rings is 1. The highest BCUT2D eigenvalue weighted by atomic mass is 32.2. The SMILES string of the molecule is Cc1ccc2nc(CSc3nnc(C)n3C)cc(=O)n2c1. The molecule has 0 saturated heterocycles. The molecular formula is C14H15N5OS. The van der Waals surface area contributed by atoms with Crippen LogP contribution in [-0.2, 0) is 12.8 Å². The topological polar surface area (TPSA) is 65.1 Å². The first kappa shape index (κ1) is 13.8. The molecule has 0 unspecified atom stereocenters. The molecule has 0 atom stereocenters. The molecule has 6 nitrogen and oxygen atoms in total. The maximum Gasteiger partial charge on any atom is 0.258 e. The first-order valence-electron chi connectivity index (χ1n) is 6.52. The minimum Gasteiger partial charge on any atom is -0.309 e. The fraction of sp³-hybridized carbons (Fsp3) is 0.286. The van der Waals surface area contributed by atoms with Crippen LogP contribution in [0.25, 0.3) is 5.65 Å². The number of rotatable bonds is 3. The summed E-state index contributed by atoms with van der Waals surface area (Å²) in [5.74, 6) is 1.45. The molecule has 3 aromatic heterocycles. The lowest BCUT2D eigenvalue weighted by molar-refractivity contribution is 0.765. The van der Waals surface area contributed by atoms with E-state index < -0.39 is 0 Å². The molecule has 3 heterocycles. The van der Waals surface area contributed by atoms with Gasteiger partial charge in [-0.3, -0.25) is 9.20 Å². The van der Waals surface area contributed by atoms with Gasteiger partial charge in [0, 0.05) is 25.1 Å². The molecule has 0 aromatic carbocycles. The molecule has 0 N–H and O–H groups in total. The maximum absolute atomic E-state index is 12.1. The van der Waals surface area contributed by atoms with E-state index in [1.54, 1.807) is 16.7 Å². The van der Waals surface area contributed by atoms with Gasteiger partial charge in [-0.2, -0.15) is 0 Å². The van der Waals surface area contributed by atoms with Crippen molar-refractivity contribution in [1.29, 1.82) is 0 Å². The quantitative estimate of drug-likeness (QED) is 0.689. The molecule has 0 amide bonds. The number of hydrogen-bond donors (Lipinski definition) is 0. The second kappa shape index (κ2) is 5.33. The minimum atomic E-state index is -0.0616. The van der Waals surface area contributed by atoms with E-state index in [0.29, 0.717) is 11.4 Å². The summed E-state index contributed by atoms with van der Waals surface area (Å²) in [6, 6.07) is 5.38. The summed E-state index contributed by atoms with van der Waals surface area (Å²) in [6.45, 7) is 3.85. The van der Waals surface area contributed by atoms with Crippen LogP contribution in [0.2, 0.25) is 0 Å². The zero-order valence-corrected chi connectivity index (χ0v) is 12.9. The Kier molecular flexibility index (Phi) is 3.50. The van der Waals surface area contributed by atoms with E-state index in [2.05, 4.69) is 15.2 Å². The summed E-state index contributed by atoms with van der Waals surface area (Å²) >= 11 is 1.52. The summed E-state index contributed by atoms with van der Waals surface area (Å²) in [4.78, 5) is 16.6. The summed E-state index contributed by atoms with van der Waals surface area (Å²) in [6.07, 6.45) is 1.80. The van der Waals surface area contributed by atoms with E-state index in [1.807, 2.05) is 37.6 Å². The van der Waals surface area contributed by atoms with E-state index in [-0.39, 0.29) is 5.56 Å². The highest BCUT2D eigenvalue weighted by Gasteiger charge is 2.08. The van der Waals surface area contributed by atoms with Gasteiger partial charge in [0.2, 0.25) is 0 Å². The second-order valence-electron chi connectivity index (χ2n) is 4.90. The van der Waals surface area contributed by atoms with Gasteiger partial charge in [0.25, 0.3) is 5.56 Å². The molecule has 0 saturated carbocycles. The first-order valence-corrected chi connectivity index (χ1v) is 7.51. The van der Waals surface area contributed by atoms with Crippen LogP contribution in [0.1, 0.15) is 17.1 Å². The lowest BCUT2D eigenvalue weighted by Crippen LogP contribution is -2.15. The van der Waals surface area contributed by atoms with E-state index >= 15 is 0 Å². The van der Waals surface area contributed by atoms with Crippen molar-refractivity contribution in [3.05, 3.63) is 51.8 Å². The Bertz CT molecular complexity index is 867. The molecule has 0 aliphatic rings. The Hall–Kier alpha value is -2.15. The highest BCUT2D eigenvalue weighted by molar-refractivity contribution is 7.98. The molecule has 0 spiro atoms. The average Bonchev–Trinajstić information content (AvgIpc) is 2.77. The number of fused-ring (bicyclic) bond motifs is 1. The van der Waals surface area contributed by atoms with Gasteiger partial charge < -0.3 is 4.57 Å². The van der Waals surface area contributed by atoms with Crippen LogP contribution in [-0.4, -0.2) is 24.1 Å². The van der Waals surface area contributed by atoms with Gasteiger partial charge in [-0.15, -0.1) is 10.2 Å². The van der Waals surface area contributed by atoms with Gasteiger partial charge in [0.15, 0.2) is 5.16 Å². The minimum absolute atomic E-state index is 0.0616. The van der Waals surface area contributed by atoms with E-state index in [9.17, 15) is 4.79 Å². The van der Waals surface area contributed by atoms with Crippen LogP contribution in [0, 0.1) is 13.8 Å². The van der Waals surface area contributed by atoms with Gasteiger partial charge in [0.05, 0.1) is 5.69 Å². The number of thioether (sulfide) groups is 1. The van der Waals surface area contributed by atoms with Crippen molar-refractivity contribution in [1.82, 2.24) is 24.1 Å². The van der Waals surface area contributed by atoms with Crippen LogP contribution < -0.4 is 5.56 Å². The standard InChI is InChI=1S/C14H15N5OS/c1-9-4-5-12-15-11(6-13(20)19(12)7-9)8-21-14-17-16-10(2)18(14)3/h4-7H,8H2,1-3H3. The number of hydrogen-bond acceptors (Lipinski definition) is 5. The van der Waals surface area contributed by atoms with E-state index in [4.69, 9.17) is 0 Å². The third-order valence-corrected chi connectivity index (χ3v) is 4.32. The zero-order valence-electron chi connectivity index (χ0n) is 12.1. The van der Waals surface area contributed by atoms with Gasteiger partial charge in [-0.1, -0.05) is 17.8 Å². The third kappa shape index (κ3) is 2.69. The maximum atomic E-state index is 12.1. The Morgan fingerprint density at radius 2 is 2.05 bits per heavy atom. The molecule has 0 aliphatic heterocycles. The largest absolute Gasteiger partial charge is 0.309 e. The van der Waals surface area contributed by atoms with Crippen molar-refractivity contribution < 1.29 is 0 Å². The number of nitrogens with zero attached hydrogens (tertiary/aromatic N) is 5. The first-order chi connectivity index (χ1) is 10.0. The molecule has 0 radical (unpaired) electrons. The molecule has 0 aliphatic carbocycles. The number of aryl methyl sites for hydroxylation is 2. The lowest BCUT2D eigenvalue weighted by Gasteiger charge is -2.05. The molecule has 3 aromatic rings. The predicted molar refractivity (Wildman–Crippen MR) is 81.5 cm³/mol. The second-order valence-corrected chi connectivity index (χ2v) is 5.84. The normalized spacial score (nSPS) is 11.2. The summed E-state index contributed by atoms with van der Waals surface area (Å²) in [5.41, 5.74) is 2.38. The monoisotopic (exact) mass is 301 g/mol. The summed E-state index contributed by atoms with van der Waals surface area (Å²) < 4.78 is 3.48. The molecule has 108 valence electrons. The predicted octanol–water partition coefficient (Wildman–Crippen LogP) is 1.73. The van der Waals surface area contributed by atoms with Gasteiger partial charge in [0.1, 0.15) is 11.5 Å². The van der Waals surface area contributed by atoms with Crippen LogP contribution in [0.3, 0.4) is 0 Å². The molecular weight excluding hydrogens is 286 g/mol. The van der Waals surface area contributed by atoms with Crippen LogP contribution >= 0.6 is 11.8 Å². The van der Waals surface area contributed by atoms with Gasteiger partial charge in [-0.05, 0) is 25.5 Å². The zero-order chi connectivity index (χ0) is 15.0. The van der Waals surface area contributed by atoms with Gasteiger partial charge in [-0.25, -0.2) is 4.98 Å². The Morgan fingerprint density at radius 1 is 1.24 bits per heavy atom. The highest BCUT2D eigenvalue weighted by Crippen LogP contribution is 2.19. The Labute approximate surface area is 125 Å². The molecule has 0 bridgehead atoms. The van der Waals surface area contributed by atoms with Crippen molar-refractivity contribution >= 4 is 17.4 Å². The molecule has 21 heavy (non-hydrogen) atoms. The van der Waals surface area contributed by atoms with Crippen LogP contribution in [0.5, 0.6) is 0 Å². The van der Waals surface area contributed by atoms with Crippen molar-refractivity contribution in [3.8, 4) is 0 Å². The molecule has 0 fully saturated rings. The molecule has 3 rings (SSSR count). The van der Waals surface area contributed by atoms with Crippen molar-refractivity contribution in [3.63, 3.8) is 0 Å². The van der Waals surface area contributed by atoms with Crippen molar-refractivity contribution in [2.45, 2.75) is 24.8 Å². The number of aromatic nitrogens is 5. The Morgan fingerprint density at radius 3 is 2.76 bits per heavy atom. The fourth-order valence-electron chi connectivity index (χ4n) is 1.98. The van der Waals surface area contributed by atoms with E-state index in [1.165, 1.54) is 11.8 Å². The molecule has 7 heteroatoms. The average molecular weight is 301 g/mol. The van der Waals surface area contributed by atoms with Crippen LogP contribution in [0.15, 0.2) is 34.3 Å². The summed E-state index contributed by atoms with van der Waals surface area (Å²) in [5, 5.41) is 8.92. The van der Waals surface area contributed by atoms with Gasteiger partial charge >= 0.3 is 0 Å². The summed E-state index contributed by atoms with van der Waals surface area (Å²) in [7, 11) is 1.92. The van der Waals surface area contributed by atoms with Crippen LogP contribution in [0.4, 0.5) is 0 Å². The smallest absolute Gasteiger partial charge is 0.258 e. The third-order valence-electron chi connectivity index (χ3n) is 3.26. The fourth-order valence-corrected chi connectivity index (χ4v) is 2.83. The Balaban J connectivity index is 1.89. The lowest BCUT2D eigenvalue weighted by atomic mass is 10.3. The van der Waals surface area contributed by atoms with Crippen molar-refractivity contribution in [2.75, 3.05) is 0 Å². The van der Waals surface area contributed by atoms with E-state index in [0.717, 1.165) is 22.2 Å².